The number of urea groups is 1. The van der Waals surface area contributed by atoms with Crippen molar-refractivity contribution < 1.29 is 31.5 Å². The van der Waals surface area contributed by atoms with E-state index in [1.807, 2.05) is 6.07 Å². The molecule has 4 rings (SSSR count). The molecule has 2 aromatic carbocycles. The zero-order valence-electron chi connectivity index (χ0n) is 27.4. The lowest BCUT2D eigenvalue weighted by Crippen LogP contribution is -2.49. The number of unbranched alkanes of at least 4 members (excludes halogenated alkanes) is 2. The number of halogens is 2. The van der Waals surface area contributed by atoms with E-state index in [4.69, 9.17) is 10.5 Å². The first-order valence-electron chi connectivity index (χ1n) is 16.2. The number of hydrogen-bond acceptors (Lipinski definition) is 7. The molecule has 3 amide bonds. The number of nitrogens with zero attached hydrogens (tertiary/aromatic N) is 3. The smallest absolute Gasteiger partial charge is 0.322 e. The molecule has 11 nitrogen and oxygen atoms in total. The van der Waals surface area contributed by atoms with E-state index in [-0.39, 0.29) is 40.2 Å². The topological polar surface area (TPSA) is 147 Å². The minimum atomic E-state index is -3.36. The Kier molecular flexibility index (Phi) is 13.1. The van der Waals surface area contributed by atoms with Crippen molar-refractivity contribution in [3.8, 4) is 11.6 Å². The summed E-state index contributed by atoms with van der Waals surface area (Å²) in [6.45, 7) is 4.45. The van der Waals surface area contributed by atoms with E-state index in [1.54, 1.807) is 48.4 Å². The Hall–Kier alpha value is -4.30. The van der Waals surface area contributed by atoms with Gasteiger partial charge in [-0.3, -0.25) is 14.4 Å². The van der Waals surface area contributed by atoms with E-state index in [1.165, 1.54) is 12.1 Å². The maximum absolute atomic E-state index is 13.9. The third-order valence-corrected chi connectivity index (χ3v) is 9.63. The van der Waals surface area contributed by atoms with Gasteiger partial charge in [0.25, 0.3) is 0 Å². The van der Waals surface area contributed by atoms with Crippen molar-refractivity contribution in [3.63, 3.8) is 0 Å². The summed E-state index contributed by atoms with van der Waals surface area (Å²) in [5.74, 6) is 0.0691. The monoisotopic (exact) mass is 686 g/mol. The van der Waals surface area contributed by atoms with Gasteiger partial charge in [0.1, 0.15) is 19.1 Å². The van der Waals surface area contributed by atoms with Gasteiger partial charge >= 0.3 is 6.03 Å². The number of alkyl halides is 2. The Morgan fingerprint density at radius 1 is 1.02 bits per heavy atom. The molecule has 260 valence electrons. The second-order valence-corrected chi connectivity index (χ2v) is 13.8. The number of piperidine rings is 1. The molecule has 1 fully saturated rings. The molecule has 1 aromatic heterocycles. The summed E-state index contributed by atoms with van der Waals surface area (Å²) in [6, 6.07) is 12.4. The van der Waals surface area contributed by atoms with Crippen molar-refractivity contribution in [3.05, 3.63) is 77.0 Å². The van der Waals surface area contributed by atoms with Crippen LogP contribution >= 0.6 is 0 Å². The number of benzene rings is 2. The molecule has 3 aromatic rings. The molecule has 0 atom stereocenters. The van der Waals surface area contributed by atoms with Crippen LogP contribution in [0.2, 0.25) is 0 Å². The molecule has 4 N–H and O–H groups in total. The van der Waals surface area contributed by atoms with Crippen molar-refractivity contribution in [2.24, 2.45) is 5.73 Å². The van der Waals surface area contributed by atoms with Gasteiger partial charge in [-0.2, -0.15) is 0 Å². The maximum Gasteiger partial charge on any atom is 0.322 e. The van der Waals surface area contributed by atoms with Crippen LogP contribution in [0.3, 0.4) is 0 Å². The summed E-state index contributed by atoms with van der Waals surface area (Å²) >= 11 is 0. The SMILES string of the molecule is CCCCCN(C(=O)Nc1cc(C(N)=O)c(CF)cc1CF)C1CCN(Cc2ccc(Oc3ccc(NS(=O)(=O)CC)cc3)nc2)CC1. The highest BCUT2D eigenvalue weighted by atomic mass is 32.2. The quantitative estimate of drug-likeness (QED) is 0.149. The largest absolute Gasteiger partial charge is 0.439 e. The fourth-order valence-corrected chi connectivity index (χ4v) is 6.25. The average molecular weight is 687 g/mol. The van der Waals surface area contributed by atoms with Gasteiger partial charge in [-0.25, -0.2) is 27.0 Å². The van der Waals surface area contributed by atoms with Gasteiger partial charge in [-0.15, -0.1) is 0 Å². The molecule has 1 aliphatic heterocycles. The number of nitrogens with two attached hydrogens (primary N) is 1. The highest BCUT2D eigenvalue weighted by Gasteiger charge is 2.29. The Morgan fingerprint density at radius 3 is 2.31 bits per heavy atom. The fraction of sp³-hybridized carbons (Fsp3) is 0.441. The number of likely N-dealkylation sites (tertiary alicyclic amines) is 1. The molecule has 1 saturated heterocycles. The van der Waals surface area contributed by atoms with Gasteiger partial charge in [0.2, 0.25) is 21.8 Å². The molecule has 14 heteroatoms. The number of carbonyl (C=O) groups is 2. The Labute approximate surface area is 280 Å². The number of aromatic nitrogens is 1. The lowest BCUT2D eigenvalue weighted by Gasteiger charge is -2.38. The predicted molar refractivity (Wildman–Crippen MR) is 182 cm³/mol. The zero-order valence-corrected chi connectivity index (χ0v) is 28.2. The maximum atomic E-state index is 13.9. The first kappa shape index (κ1) is 36.5. The van der Waals surface area contributed by atoms with Crippen molar-refractivity contribution in [2.45, 2.75) is 71.9 Å². The summed E-state index contributed by atoms with van der Waals surface area (Å²) in [5, 5.41) is 2.78. The Bertz CT molecular complexity index is 1630. The standard InChI is InChI=1S/C34H44F2N6O5S/c1-3-5-6-15-42(34(44)39-31-19-30(33(37)43)25(20-35)18-26(31)21-36)28-13-16-41(17-14-28)23-24-7-12-32(38-22-24)47-29-10-8-27(9-11-29)40-48(45,46)4-2/h7-12,18-19,22,28,40H,3-6,13-17,20-21,23H2,1-2H3,(H2,37,43)(H,39,44). The number of sulfonamides is 1. The third-order valence-electron chi connectivity index (χ3n) is 8.32. The van der Waals surface area contributed by atoms with Crippen LogP contribution in [-0.2, 0) is 29.9 Å². The first-order valence-corrected chi connectivity index (χ1v) is 17.8. The molecule has 0 unspecified atom stereocenters. The van der Waals surface area contributed by atoms with Gasteiger partial charge in [0.05, 0.1) is 5.75 Å². The highest BCUT2D eigenvalue weighted by Crippen LogP contribution is 2.27. The molecular weight excluding hydrogens is 642 g/mol. The lowest BCUT2D eigenvalue weighted by atomic mass is 10.0. The van der Waals surface area contributed by atoms with Crippen LogP contribution in [0.5, 0.6) is 11.6 Å². The molecule has 0 spiro atoms. The Morgan fingerprint density at radius 2 is 1.73 bits per heavy atom. The number of ether oxygens (including phenoxy) is 1. The van der Waals surface area contributed by atoms with E-state index >= 15 is 0 Å². The number of carbonyl (C=O) groups excluding carboxylic acids is 2. The van der Waals surface area contributed by atoms with Gasteiger partial charge in [0.15, 0.2) is 0 Å². The number of anilines is 2. The van der Waals surface area contributed by atoms with Crippen LogP contribution in [0.4, 0.5) is 25.0 Å². The lowest BCUT2D eigenvalue weighted by molar-refractivity contribution is 0.0998. The molecule has 2 heterocycles. The van der Waals surface area contributed by atoms with Crippen LogP contribution < -0.4 is 20.5 Å². The van der Waals surface area contributed by atoms with Crippen molar-refractivity contribution in [1.29, 1.82) is 0 Å². The van der Waals surface area contributed by atoms with E-state index < -0.39 is 29.3 Å². The van der Waals surface area contributed by atoms with E-state index in [9.17, 15) is 26.8 Å². The minimum Gasteiger partial charge on any atom is -0.439 e. The molecule has 0 bridgehead atoms. The van der Waals surface area contributed by atoms with Crippen LogP contribution in [-0.4, -0.2) is 66.6 Å². The molecule has 0 aliphatic carbocycles. The number of amides is 3. The second-order valence-electron chi connectivity index (χ2n) is 11.8. The van der Waals surface area contributed by atoms with E-state index in [0.29, 0.717) is 30.4 Å². The van der Waals surface area contributed by atoms with Crippen LogP contribution in [0, 0.1) is 0 Å². The van der Waals surface area contributed by atoms with E-state index in [0.717, 1.165) is 50.8 Å². The predicted octanol–water partition coefficient (Wildman–Crippen LogP) is 6.36. The minimum absolute atomic E-state index is 0.0101. The number of rotatable bonds is 16. The summed E-state index contributed by atoms with van der Waals surface area (Å²) in [4.78, 5) is 34.0. The van der Waals surface area contributed by atoms with Crippen molar-refractivity contribution >= 4 is 33.3 Å². The molecule has 1 aliphatic rings. The van der Waals surface area contributed by atoms with Gasteiger partial charge in [0, 0.05) is 67.0 Å². The van der Waals surface area contributed by atoms with Crippen LogP contribution in [0.15, 0.2) is 54.7 Å². The normalized spacial score (nSPS) is 14.0. The summed E-state index contributed by atoms with van der Waals surface area (Å²) in [6.07, 6.45) is 5.99. The fourth-order valence-electron chi connectivity index (χ4n) is 5.61. The summed E-state index contributed by atoms with van der Waals surface area (Å²) in [5.41, 5.74) is 6.98. The van der Waals surface area contributed by atoms with Gasteiger partial charge in [-0.1, -0.05) is 25.8 Å². The first-order chi connectivity index (χ1) is 23.0. The molecule has 0 saturated carbocycles. The number of primary amides is 1. The Balaban J connectivity index is 1.34. The average Bonchev–Trinajstić information content (AvgIpc) is 3.08. The van der Waals surface area contributed by atoms with Crippen LogP contribution in [0.25, 0.3) is 0 Å². The molecular formula is C34H44F2N6O5S. The summed E-state index contributed by atoms with van der Waals surface area (Å²) in [7, 11) is -3.36. The van der Waals surface area contributed by atoms with Crippen molar-refractivity contribution in [2.75, 3.05) is 35.4 Å². The zero-order chi connectivity index (χ0) is 34.7. The number of nitrogens with one attached hydrogen (secondary N) is 2. The second kappa shape index (κ2) is 17.2. The molecule has 48 heavy (non-hydrogen) atoms. The van der Waals surface area contributed by atoms with E-state index in [2.05, 4.69) is 26.8 Å². The molecule has 0 radical (unpaired) electrons. The van der Waals surface area contributed by atoms with Crippen molar-refractivity contribution in [1.82, 2.24) is 14.8 Å². The summed E-state index contributed by atoms with van der Waals surface area (Å²) < 4.78 is 59.2. The number of pyridine rings is 1. The number of hydrogen-bond donors (Lipinski definition) is 3. The highest BCUT2D eigenvalue weighted by molar-refractivity contribution is 7.92. The van der Waals surface area contributed by atoms with Gasteiger partial charge < -0.3 is 20.7 Å². The van der Waals surface area contributed by atoms with Crippen LogP contribution in [0.1, 0.15) is 73.0 Å². The van der Waals surface area contributed by atoms with Gasteiger partial charge in [-0.05, 0) is 73.7 Å². The third kappa shape index (κ3) is 10.1.